The summed E-state index contributed by atoms with van der Waals surface area (Å²) >= 11 is 7.41. The minimum atomic E-state index is -0.367. The fourth-order valence-corrected chi connectivity index (χ4v) is 4.72. The second kappa shape index (κ2) is 9.01. The summed E-state index contributed by atoms with van der Waals surface area (Å²) in [4.78, 5) is 31.6. The van der Waals surface area contributed by atoms with Crippen LogP contribution in [-0.4, -0.2) is 47.9 Å². The van der Waals surface area contributed by atoms with Gasteiger partial charge in [0, 0.05) is 30.1 Å². The number of amides is 1. The van der Waals surface area contributed by atoms with Crippen LogP contribution in [0.2, 0.25) is 5.15 Å². The molecule has 0 radical (unpaired) electrons. The maximum atomic E-state index is 13.3. The number of hydrogen-bond acceptors (Lipinski definition) is 9. The number of hydrogen-bond donors (Lipinski definition) is 1. The first-order valence-electron chi connectivity index (χ1n) is 10.5. The van der Waals surface area contributed by atoms with Crippen LogP contribution in [0.3, 0.4) is 0 Å². The van der Waals surface area contributed by atoms with E-state index in [4.69, 9.17) is 21.3 Å². The molecule has 5 aromatic rings. The molecule has 1 N–H and O–H groups in total. The topological polar surface area (TPSA) is 121 Å². The largest absolute Gasteiger partial charge is 0.494 e. The van der Waals surface area contributed by atoms with Crippen LogP contribution in [0, 0.1) is 13.8 Å². The zero-order valence-electron chi connectivity index (χ0n) is 19.2. The molecule has 1 amide bonds. The van der Waals surface area contributed by atoms with Crippen LogP contribution in [0.25, 0.3) is 32.9 Å². The molecule has 0 aliphatic heterocycles. The van der Waals surface area contributed by atoms with Gasteiger partial charge in [-0.05, 0) is 38.1 Å². The first-order valence-corrected chi connectivity index (χ1v) is 11.7. The van der Waals surface area contributed by atoms with E-state index in [9.17, 15) is 4.79 Å². The van der Waals surface area contributed by atoms with E-state index >= 15 is 0 Å². The number of ether oxygens (including phenoxy) is 1. The third-order valence-corrected chi connectivity index (χ3v) is 6.43. The Kier molecular flexibility index (Phi) is 5.87. The Morgan fingerprint density at radius 2 is 1.94 bits per heavy atom. The molecule has 0 aromatic carbocycles. The van der Waals surface area contributed by atoms with Gasteiger partial charge in [0.15, 0.2) is 5.13 Å². The summed E-state index contributed by atoms with van der Waals surface area (Å²) in [6.45, 7) is 3.72. The summed E-state index contributed by atoms with van der Waals surface area (Å²) < 4.78 is 7.12. The monoisotopic (exact) mass is 506 g/mol. The van der Waals surface area contributed by atoms with Crippen molar-refractivity contribution in [3.8, 4) is 28.3 Å². The van der Waals surface area contributed by atoms with Crippen molar-refractivity contribution in [3.05, 3.63) is 58.8 Å². The van der Waals surface area contributed by atoms with Crippen molar-refractivity contribution in [1.82, 2.24) is 34.9 Å². The third kappa shape index (κ3) is 4.31. The zero-order chi connectivity index (χ0) is 24.7. The molecule has 0 aliphatic rings. The van der Waals surface area contributed by atoms with Crippen LogP contribution in [0.5, 0.6) is 5.75 Å². The molecule has 0 aliphatic carbocycles. The van der Waals surface area contributed by atoms with Crippen LogP contribution >= 0.6 is 22.9 Å². The Bertz CT molecular complexity index is 1580. The summed E-state index contributed by atoms with van der Waals surface area (Å²) in [5.41, 5.74) is 5.36. The highest BCUT2D eigenvalue weighted by Gasteiger charge is 2.20. The Balaban J connectivity index is 1.50. The fraction of sp³-hybridized carbons (Fsp3) is 0.174. The first-order chi connectivity index (χ1) is 16.8. The molecule has 0 atom stereocenters. The van der Waals surface area contributed by atoms with Crippen molar-refractivity contribution >= 4 is 44.3 Å². The van der Waals surface area contributed by atoms with E-state index in [-0.39, 0.29) is 11.1 Å². The van der Waals surface area contributed by atoms with Crippen molar-refractivity contribution in [2.24, 2.45) is 7.05 Å². The molecule has 5 heterocycles. The lowest BCUT2D eigenvalue weighted by atomic mass is 10.0. The van der Waals surface area contributed by atoms with Gasteiger partial charge in [0.25, 0.3) is 5.91 Å². The molecule has 35 heavy (non-hydrogen) atoms. The molecule has 176 valence electrons. The van der Waals surface area contributed by atoms with Crippen molar-refractivity contribution in [1.29, 1.82) is 0 Å². The Labute approximate surface area is 209 Å². The molecule has 0 unspecified atom stereocenters. The van der Waals surface area contributed by atoms with Gasteiger partial charge in [-0.2, -0.15) is 0 Å². The Hall–Kier alpha value is -3.96. The summed E-state index contributed by atoms with van der Waals surface area (Å²) in [6, 6.07) is 7.18. The van der Waals surface area contributed by atoms with Gasteiger partial charge in [0.2, 0.25) is 0 Å². The number of rotatable bonds is 5. The van der Waals surface area contributed by atoms with Crippen molar-refractivity contribution < 1.29 is 9.53 Å². The molecule has 0 saturated heterocycles. The number of methoxy groups -OCH3 is 1. The van der Waals surface area contributed by atoms with Gasteiger partial charge in [0.1, 0.15) is 26.9 Å². The van der Waals surface area contributed by atoms with E-state index < -0.39 is 0 Å². The highest BCUT2D eigenvalue weighted by Crippen LogP contribution is 2.35. The quantitative estimate of drug-likeness (QED) is 0.346. The van der Waals surface area contributed by atoms with Gasteiger partial charge in [-0.1, -0.05) is 28.2 Å². The van der Waals surface area contributed by atoms with Crippen LogP contribution in [0.15, 0.2) is 36.7 Å². The van der Waals surface area contributed by atoms with E-state index in [0.29, 0.717) is 37.9 Å². The van der Waals surface area contributed by atoms with Crippen LogP contribution < -0.4 is 10.1 Å². The third-order valence-electron chi connectivity index (χ3n) is 5.34. The lowest BCUT2D eigenvalue weighted by molar-refractivity contribution is 0.102. The summed E-state index contributed by atoms with van der Waals surface area (Å²) in [6.07, 6.45) is 3.04. The van der Waals surface area contributed by atoms with Gasteiger partial charge in [-0.3, -0.25) is 15.1 Å². The molecular formula is C23H19ClN8O2S. The lowest BCUT2D eigenvalue weighted by Gasteiger charge is -2.13. The number of halogens is 1. The second-order valence-electron chi connectivity index (χ2n) is 7.72. The number of anilines is 1. The number of aryl methyl sites for hydroxylation is 3. The normalized spacial score (nSPS) is 11.1. The van der Waals surface area contributed by atoms with Gasteiger partial charge in [0.05, 0.1) is 30.3 Å². The molecule has 12 heteroatoms. The Morgan fingerprint density at radius 1 is 1.11 bits per heavy atom. The number of aromatic nitrogens is 7. The van der Waals surface area contributed by atoms with Crippen LogP contribution in [0.4, 0.5) is 5.13 Å². The molecule has 0 bridgehead atoms. The van der Waals surface area contributed by atoms with E-state index in [1.165, 1.54) is 30.8 Å². The Morgan fingerprint density at radius 3 is 2.69 bits per heavy atom. The van der Waals surface area contributed by atoms with Crippen LogP contribution in [-0.2, 0) is 7.05 Å². The standard InChI is InChI=1S/C23H19ClN8O2S/c1-11-7-13(14-8-19(24)26-10-18(14)34-4)15(9-25-11)21(33)29-23-28-17-6-5-16(27-22(17)35-23)20-12(2)30-31-32(20)3/h5-10H,1-4H3,(H,28,29,33). The number of nitrogens with zero attached hydrogens (tertiary/aromatic N) is 7. The number of nitrogens with one attached hydrogen (secondary N) is 1. The zero-order valence-corrected chi connectivity index (χ0v) is 20.8. The maximum Gasteiger partial charge on any atom is 0.259 e. The van der Waals surface area contributed by atoms with Crippen LogP contribution in [0.1, 0.15) is 21.7 Å². The van der Waals surface area contributed by atoms with Gasteiger partial charge in [-0.25, -0.2) is 19.6 Å². The first kappa shape index (κ1) is 22.8. The highest BCUT2D eigenvalue weighted by atomic mass is 35.5. The SMILES string of the molecule is COc1cnc(Cl)cc1-c1cc(C)ncc1C(=O)Nc1nc2ccc(-c3c(C)nnn3C)nc2s1. The van der Waals surface area contributed by atoms with E-state index in [1.807, 2.05) is 33.0 Å². The fourth-order valence-electron chi connectivity index (χ4n) is 3.73. The molecular weight excluding hydrogens is 488 g/mol. The highest BCUT2D eigenvalue weighted by molar-refractivity contribution is 7.22. The minimum absolute atomic E-state index is 0.286. The molecule has 0 saturated carbocycles. The van der Waals surface area contributed by atoms with Crippen molar-refractivity contribution in [2.45, 2.75) is 13.8 Å². The minimum Gasteiger partial charge on any atom is -0.494 e. The molecule has 5 rings (SSSR count). The number of pyridine rings is 3. The average molecular weight is 507 g/mol. The number of fused-ring (bicyclic) bond motifs is 1. The predicted molar refractivity (Wildman–Crippen MR) is 134 cm³/mol. The summed E-state index contributed by atoms with van der Waals surface area (Å²) in [5.74, 6) is 0.124. The van der Waals surface area contributed by atoms with E-state index in [1.54, 1.807) is 16.8 Å². The molecule has 5 aromatic heterocycles. The number of carbonyl (C=O) groups is 1. The number of thiazole rings is 1. The summed E-state index contributed by atoms with van der Waals surface area (Å²) in [5, 5.41) is 11.7. The van der Waals surface area contributed by atoms with Gasteiger partial charge < -0.3 is 4.74 Å². The van der Waals surface area contributed by atoms with Gasteiger partial charge >= 0.3 is 0 Å². The molecule has 10 nitrogen and oxygen atoms in total. The molecule has 0 spiro atoms. The van der Waals surface area contributed by atoms with E-state index in [0.717, 1.165) is 22.8 Å². The van der Waals surface area contributed by atoms with Crippen molar-refractivity contribution in [2.75, 3.05) is 12.4 Å². The number of carbonyl (C=O) groups excluding carboxylic acids is 1. The average Bonchev–Trinajstić information content (AvgIpc) is 3.39. The van der Waals surface area contributed by atoms with Gasteiger partial charge in [-0.15, -0.1) is 5.10 Å². The summed E-state index contributed by atoms with van der Waals surface area (Å²) in [7, 11) is 3.35. The predicted octanol–water partition coefficient (Wildman–Crippen LogP) is 4.47. The second-order valence-corrected chi connectivity index (χ2v) is 9.08. The smallest absolute Gasteiger partial charge is 0.259 e. The van der Waals surface area contributed by atoms with Crippen molar-refractivity contribution in [3.63, 3.8) is 0 Å². The maximum absolute atomic E-state index is 13.3. The molecule has 0 fully saturated rings. The van der Waals surface area contributed by atoms with E-state index in [2.05, 4.69) is 30.6 Å². The lowest BCUT2D eigenvalue weighted by Crippen LogP contribution is -2.14.